The molecular weight excluding hydrogens is 638 g/mol. The summed E-state index contributed by atoms with van der Waals surface area (Å²) >= 11 is 3.44. The Bertz CT molecular complexity index is 1650. The molecule has 230 valence electrons. The minimum Gasteiger partial charge on any atom is -0.469 e. The van der Waals surface area contributed by atoms with E-state index in [0.717, 1.165) is 29.3 Å². The normalized spacial score (nSPS) is 18.4. The smallest absolute Gasteiger partial charge is 0.309 e. The van der Waals surface area contributed by atoms with Crippen LogP contribution in [0.1, 0.15) is 60.5 Å². The van der Waals surface area contributed by atoms with Gasteiger partial charge in [-0.25, -0.2) is 13.1 Å². The molecule has 13 heteroatoms. The van der Waals surface area contributed by atoms with Crippen molar-refractivity contribution in [3.63, 3.8) is 0 Å². The summed E-state index contributed by atoms with van der Waals surface area (Å²) in [4.78, 5) is 38.0. The van der Waals surface area contributed by atoms with E-state index < -0.39 is 21.9 Å². The number of nitrogens with one attached hydrogen (secondary N) is 2. The molecule has 2 saturated carbocycles. The lowest BCUT2D eigenvalue weighted by molar-refractivity contribution is -0.149. The van der Waals surface area contributed by atoms with Crippen molar-refractivity contribution < 1.29 is 27.5 Å². The number of nitrogens with zero attached hydrogens (tertiary/aromatic N) is 3. The van der Waals surface area contributed by atoms with Crippen LogP contribution in [0.25, 0.3) is 16.6 Å². The summed E-state index contributed by atoms with van der Waals surface area (Å²) in [6, 6.07) is 11.1. The molecule has 2 aliphatic carbocycles. The number of halogens is 1. The molecule has 0 radical (unpaired) electrons. The number of fused-ring (bicyclic) bond motifs is 1. The Labute approximate surface area is 259 Å². The average Bonchev–Trinajstić information content (AvgIpc) is 3.58. The van der Waals surface area contributed by atoms with Gasteiger partial charge >= 0.3 is 5.97 Å². The highest BCUT2D eigenvalue weighted by atomic mass is 79.9. The molecule has 2 aromatic carbocycles. The van der Waals surface area contributed by atoms with E-state index in [1.807, 2.05) is 30.3 Å². The lowest BCUT2D eigenvalue weighted by atomic mass is 9.95. The monoisotopic (exact) mass is 673 g/mol. The van der Waals surface area contributed by atoms with Crippen LogP contribution >= 0.6 is 15.9 Å². The fourth-order valence-corrected chi connectivity index (χ4v) is 7.16. The number of methoxy groups -OCH3 is 1. The third-order valence-corrected chi connectivity index (χ3v) is 9.92. The number of carbonyl (C=O) groups is 3. The van der Waals surface area contributed by atoms with Crippen LogP contribution in [0.2, 0.25) is 0 Å². The molecule has 0 unspecified atom stereocenters. The van der Waals surface area contributed by atoms with Crippen LogP contribution in [0.3, 0.4) is 0 Å². The van der Waals surface area contributed by atoms with Crippen molar-refractivity contribution in [3.8, 4) is 5.69 Å². The van der Waals surface area contributed by atoms with Gasteiger partial charge in [0.25, 0.3) is 5.91 Å². The average molecular weight is 675 g/mol. The molecule has 5 rings (SSSR count). The van der Waals surface area contributed by atoms with E-state index in [2.05, 4.69) is 26.6 Å². The summed E-state index contributed by atoms with van der Waals surface area (Å²) in [6.07, 6.45) is 5.41. The molecule has 2 amide bonds. The lowest BCUT2D eigenvalue weighted by Crippen LogP contribution is -2.38. The highest BCUT2D eigenvalue weighted by Gasteiger charge is 2.38. The number of carbonyl (C=O) groups excluding carboxylic acids is 3. The predicted molar refractivity (Wildman–Crippen MR) is 167 cm³/mol. The highest BCUT2D eigenvalue weighted by molar-refractivity contribution is 9.10. The molecule has 2 N–H and O–H groups in total. The van der Waals surface area contributed by atoms with Gasteiger partial charge < -0.3 is 15.4 Å². The van der Waals surface area contributed by atoms with Crippen molar-refractivity contribution >= 4 is 60.3 Å². The Kier molecular flexibility index (Phi) is 9.12. The third kappa shape index (κ3) is 6.57. The first-order valence-corrected chi connectivity index (χ1v) is 17.1. The minimum absolute atomic E-state index is 0.144. The van der Waals surface area contributed by atoms with Gasteiger partial charge in [-0.3, -0.25) is 18.7 Å². The molecule has 2 fully saturated rings. The highest BCUT2D eigenvalue weighted by Crippen LogP contribution is 2.46. The number of anilines is 1. The molecule has 43 heavy (non-hydrogen) atoms. The van der Waals surface area contributed by atoms with E-state index in [9.17, 15) is 22.8 Å². The van der Waals surface area contributed by atoms with Crippen LogP contribution in [0.5, 0.6) is 0 Å². The van der Waals surface area contributed by atoms with Crippen molar-refractivity contribution in [2.45, 2.75) is 44.4 Å². The first-order valence-electron chi connectivity index (χ1n) is 14.4. The van der Waals surface area contributed by atoms with Crippen LogP contribution < -0.4 is 14.9 Å². The predicted octanol–water partition coefficient (Wildman–Crippen LogP) is 3.89. The van der Waals surface area contributed by atoms with Gasteiger partial charge in [-0.1, -0.05) is 22.4 Å². The summed E-state index contributed by atoms with van der Waals surface area (Å²) in [7, 11) is -0.804. The summed E-state index contributed by atoms with van der Waals surface area (Å²) in [5.74, 6) is -1.58. The van der Waals surface area contributed by atoms with Gasteiger partial charge in [0.15, 0.2) is 0 Å². The number of sulfonamides is 1. The maximum absolute atomic E-state index is 13.1. The number of hydrogen-bond acceptors (Lipinski definition) is 7. The Morgan fingerprint density at radius 2 is 1.79 bits per heavy atom. The van der Waals surface area contributed by atoms with Crippen LogP contribution in [0.4, 0.5) is 5.69 Å². The fourth-order valence-electron chi connectivity index (χ4n) is 5.92. The Morgan fingerprint density at radius 1 is 1.09 bits per heavy atom. The molecule has 2 atom stereocenters. The Morgan fingerprint density at radius 3 is 2.42 bits per heavy atom. The number of rotatable bonds is 11. The maximum atomic E-state index is 13.1. The molecule has 11 nitrogen and oxygen atoms in total. The zero-order chi connectivity index (χ0) is 30.9. The van der Waals surface area contributed by atoms with E-state index in [0.29, 0.717) is 47.2 Å². The summed E-state index contributed by atoms with van der Waals surface area (Å²) in [6.45, 7) is 0.403. The first-order chi connectivity index (χ1) is 20.5. The van der Waals surface area contributed by atoms with Crippen LogP contribution in [-0.4, -0.2) is 69.5 Å². The second-order valence-corrected chi connectivity index (χ2v) is 14.0. The molecule has 0 spiro atoms. The minimum atomic E-state index is -3.70. The van der Waals surface area contributed by atoms with Gasteiger partial charge in [0.1, 0.15) is 5.69 Å². The topological polar surface area (TPSA) is 140 Å². The fraction of sp³-hybridized carbons (Fsp3) is 0.467. The molecule has 1 heterocycles. The van der Waals surface area contributed by atoms with Crippen LogP contribution in [0.15, 0.2) is 40.9 Å². The SMILES string of the molecule is CNC(=O)c1c2cc(C3CC3)c(N(CCCNC(=O)[C@H]3CCC[C@@H]3C(=O)OC)S(C)(=O)=O)cc2nn1-c1ccc(Br)cc1. The van der Waals surface area contributed by atoms with E-state index in [-0.39, 0.29) is 36.8 Å². The van der Waals surface area contributed by atoms with Gasteiger partial charge in [0.2, 0.25) is 15.9 Å². The third-order valence-electron chi connectivity index (χ3n) is 8.21. The molecule has 3 aromatic rings. The molecule has 2 aliphatic rings. The molecule has 0 saturated heterocycles. The largest absolute Gasteiger partial charge is 0.469 e. The quantitative estimate of drug-likeness (QED) is 0.233. The van der Waals surface area contributed by atoms with Gasteiger partial charge in [-0.2, -0.15) is 5.10 Å². The first kappa shape index (κ1) is 31.0. The van der Waals surface area contributed by atoms with Crippen molar-refractivity contribution in [1.82, 2.24) is 20.4 Å². The number of benzene rings is 2. The molecular formula is C30H36BrN5O6S. The second-order valence-electron chi connectivity index (χ2n) is 11.2. The molecule has 0 aliphatic heterocycles. The van der Waals surface area contributed by atoms with Gasteiger partial charge in [-0.05, 0) is 80.0 Å². The van der Waals surface area contributed by atoms with Crippen LogP contribution in [-0.2, 0) is 24.3 Å². The number of ether oxygens (including phenoxy) is 1. The lowest BCUT2D eigenvalue weighted by Gasteiger charge is -2.25. The summed E-state index contributed by atoms with van der Waals surface area (Å²) in [5, 5.41) is 11.0. The van der Waals surface area contributed by atoms with Crippen molar-refractivity contribution in [2.75, 3.05) is 37.8 Å². The number of amides is 2. The molecule has 0 bridgehead atoms. The van der Waals surface area contributed by atoms with Gasteiger partial charge in [0.05, 0.1) is 42.1 Å². The van der Waals surface area contributed by atoms with Crippen molar-refractivity contribution in [1.29, 1.82) is 0 Å². The Hall–Kier alpha value is -3.45. The number of hydrogen-bond donors (Lipinski definition) is 2. The van der Waals surface area contributed by atoms with Gasteiger partial charge in [-0.15, -0.1) is 0 Å². The van der Waals surface area contributed by atoms with E-state index >= 15 is 0 Å². The molecule has 1 aromatic heterocycles. The van der Waals surface area contributed by atoms with Crippen molar-refractivity contribution in [2.24, 2.45) is 11.8 Å². The van der Waals surface area contributed by atoms with Crippen LogP contribution in [0, 0.1) is 11.8 Å². The number of esters is 1. The van der Waals surface area contributed by atoms with E-state index in [1.54, 1.807) is 17.8 Å². The zero-order valence-corrected chi connectivity index (χ0v) is 26.8. The standard InChI is InChI=1S/C30H36BrN5O6S/c1-32-29(38)27-24-16-23(18-8-9-18)26(17-25(24)34-36(27)20-12-10-19(31)11-13-20)35(43(3,40)41)15-5-14-33-28(37)21-6-4-7-22(21)30(39)42-2/h10-13,16-18,21-22H,4-9,14-15H2,1-3H3,(H,32,38)(H,33,37)/t21-,22-/m0/s1. The van der Waals surface area contributed by atoms with E-state index in [4.69, 9.17) is 9.84 Å². The van der Waals surface area contributed by atoms with Crippen molar-refractivity contribution in [3.05, 3.63) is 52.1 Å². The summed E-state index contributed by atoms with van der Waals surface area (Å²) in [5.41, 5.74) is 2.96. The number of aromatic nitrogens is 2. The Balaban J connectivity index is 1.43. The maximum Gasteiger partial charge on any atom is 0.309 e. The van der Waals surface area contributed by atoms with Gasteiger partial charge in [0, 0.05) is 30.0 Å². The second kappa shape index (κ2) is 12.7. The van der Waals surface area contributed by atoms with E-state index in [1.165, 1.54) is 17.7 Å². The summed E-state index contributed by atoms with van der Waals surface area (Å²) < 4.78 is 35.0. The zero-order valence-electron chi connectivity index (χ0n) is 24.4.